The smallest absolute Gasteiger partial charge is 0.256 e. The van der Waals surface area contributed by atoms with Gasteiger partial charge < -0.3 is 14.5 Å². The minimum Gasteiger partial charge on any atom is -0.361 e. The maximum atomic E-state index is 13.5. The van der Waals surface area contributed by atoms with Gasteiger partial charge in [0, 0.05) is 32.6 Å². The number of carbonyl (C=O) groups excluding carboxylic acids is 2. The van der Waals surface area contributed by atoms with Crippen LogP contribution in [-0.4, -0.2) is 61.0 Å². The third kappa shape index (κ3) is 4.81. The van der Waals surface area contributed by atoms with Crippen LogP contribution < -0.4 is 0 Å². The van der Waals surface area contributed by atoms with Gasteiger partial charge in [-0.15, -0.1) is 0 Å². The standard InChI is InChI=1S/C27H27FN2O3/c1-29(2)26(32)27(19-30(16-17-33-27)25(31)21-8-4-3-5-9-21)18-22-10-6-7-11-24(22)20-12-14-23(28)15-13-20/h3-15H,16-19H2,1-2H3/t27-/m1/s1. The maximum Gasteiger partial charge on any atom is 0.256 e. The normalized spacial score (nSPS) is 18.1. The number of morpholine rings is 1. The first kappa shape index (κ1) is 22.7. The molecule has 1 heterocycles. The van der Waals surface area contributed by atoms with Gasteiger partial charge in [-0.25, -0.2) is 4.39 Å². The first-order valence-electron chi connectivity index (χ1n) is 10.9. The fourth-order valence-corrected chi connectivity index (χ4v) is 4.33. The summed E-state index contributed by atoms with van der Waals surface area (Å²) in [6, 6.07) is 23.1. The molecular formula is C27H27FN2O3. The van der Waals surface area contributed by atoms with Gasteiger partial charge in [0.25, 0.3) is 11.8 Å². The SMILES string of the molecule is CN(C)C(=O)[C@@]1(Cc2ccccc2-c2ccc(F)cc2)CN(C(=O)c2ccccc2)CCO1. The molecule has 3 aromatic carbocycles. The van der Waals surface area contributed by atoms with Crippen molar-refractivity contribution in [2.75, 3.05) is 33.8 Å². The minimum atomic E-state index is -1.22. The van der Waals surface area contributed by atoms with Crippen molar-refractivity contribution < 1.29 is 18.7 Å². The van der Waals surface area contributed by atoms with E-state index in [1.807, 2.05) is 42.5 Å². The lowest BCUT2D eigenvalue weighted by molar-refractivity contribution is -0.165. The van der Waals surface area contributed by atoms with Gasteiger partial charge in [-0.1, -0.05) is 54.6 Å². The van der Waals surface area contributed by atoms with Crippen LogP contribution in [0.2, 0.25) is 0 Å². The summed E-state index contributed by atoms with van der Waals surface area (Å²) in [4.78, 5) is 29.8. The van der Waals surface area contributed by atoms with Crippen molar-refractivity contribution >= 4 is 11.8 Å². The summed E-state index contributed by atoms with van der Waals surface area (Å²) in [5.41, 5.74) is 2.01. The lowest BCUT2D eigenvalue weighted by Gasteiger charge is -2.43. The molecule has 1 fully saturated rings. The number of halogens is 1. The highest BCUT2D eigenvalue weighted by Gasteiger charge is 2.46. The highest BCUT2D eigenvalue weighted by atomic mass is 19.1. The summed E-state index contributed by atoms with van der Waals surface area (Å²) >= 11 is 0. The van der Waals surface area contributed by atoms with Gasteiger partial charge in [-0.3, -0.25) is 9.59 Å². The molecule has 5 nitrogen and oxygen atoms in total. The second kappa shape index (κ2) is 9.55. The van der Waals surface area contributed by atoms with E-state index in [0.717, 1.165) is 16.7 Å². The van der Waals surface area contributed by atoms with Crippen LogP contribution in [0.3, 0.4) is 0 Å². The highest BCUT2D eigenvalue weighted by molar-refractivity contribution is 5.95. The Morgan fingerprint density at radius 2 is 1.64 bits per heavy atom. The quantitative estimate of drug-likeness (QED) is 0.595. The van der Waals surface area contributed by atoms with E-state index < -0.39 is 5.60 Å². The Hall–Kier alpha value is -3.51. The zero-order valence-electron chi connectivity index (χ0n) is 18.8. The van der Waals surface area contributed by atoms with Crippen LogP contribution in [0.4, 0.5) is 4.39 Å². The molecule has 0 bridgehead atoms. The Balaban J connectivity index is 1.70. The molecule has 1 atom stereocenters. The first-order valence-corrected chi connectivity index (χ1v) is 10.9. The lowest BCUT2D eigenvalue weighted by Crippen LogP contribution is -2.61. The molecule has 1 aliphatic heterocycles. The molecule has 0 aliphatic carbocycles. The van der Waals surface area contributed by atoms with E-state index >= 15 is 0 Å². The monoisotopic (exact) mass is 446 g/mol. The maximum absolute atomic E-state index is 13.5. The molecule has 0 N–H and O–H groups in total. The van der Waals surface area contributed by atoms with E-state index in [0.29, 0.717) is 12.1 Å². The summed E-state index contributed by atoms with van der Waals surface area (Å²) < 4.78 is 19.7. The Bertz CT molecular complexity index is 1130. The second-order valence-electron chi connectivity index (χ2n) is 8.48. The number of hydrogen-bond acceptors (Lipinski definition) is 3. The van der Waals surface area contributed by atoms with Crippen molar-refractivity contribution in [3.05, 3.63) is 95.8 Å². The average Bonchev–Trinajstić information content (AvgIpc) is 2.84. The molecular weight excluding hydrogens is 419 g/mol. The van der Waals surface area contributed by atoms with E-state index in [1.165, 1.54) is 17.0 Å². The third-order valence-electron chi connectivity index (χ3n) is 5.94. The Labute approximate surface area is 193 Å². The number of likely N-dealkylation sites (N-methyl/N-ethyl adjacent to an activating group) is 1. The number of ether oxygens (including phenoxy) is 1. The van der Waals surface area contributed by atoms with Crippen molar-refractivity contribution in [2.24, 2.45) is 0 Å². The van der Waals surface area contributed by atoms with Gasteiger partial charge in [0.15, 0.2) is 5.60 Å². The summed E-state index contributed by atoms with van der Waals surface area (Å²) in [6.07, 6.45) is 0.288. The molecule has 4 rings (SSSR count). The van der Waals surface area contributed by atoms with Gasteiger partial charge in [0.2, 0.25) is 0 Å². The van der Waals surface area contributed by atoms with Crippen molar-refractivity contribution in [2.45, 2.75) is 12.0 Å². The summed E-state index contributed by atoms with van der Waals surface area (Å²) in [7, 11) is 3.38. The third-order valence-corrected chi connectivity index (χ3v) is 5.94. The molecule has 1 aliphatic rings. The van der Waals surface area contributed by atoms with Crippen LogP contribution in [0.5, 0.6) is 0 Å². The Kier molecular flexibility index (Phi) is 6.56. The molecule has 0 spiro atoms. The lowest BCUT2D eigenvalue weighted by atomic mass is 9.86. The van der Waals surface area contributed by atoms with Crippen LogP contribution in [-0.2, 0) is 16.0 Å². The number of amides is 2. The van der Waals surface area contributed by atoms with E-state index in [4.69, 9.17) is 4.74 Å². The van der Waals surface area contributed by atoms with E-state index in [-0.39, 0.29) is 37.2 Å². The van der Waals surface area contributed by atoms with Crippen molar-refractivity contribution in [1.29, 1.82) is 0 Å². The molecule has 0 saturated carbocycles. The van der Waals surface area contributed by atoms with Gasteiger partial charge in [0.1, 0.15) is 5.82 Å². The molecule has 3 aromatic rings. The minimum absolute atomic E-state index is 0.123. The van der Waals surface area contributed by atoms with E-state index in [1.54, 1.807) is 43.3 Å². The van der Waals surface area contributed by atoms with Crippen LogP contribution in [0.15, 0.2) is 78.9 Å². The molecule has 6 heteroatoms. The molecule has 0 aromatic heterocycles. The van der Waals surface area contributed by atoms with Gasteiger partial charge in [-0.05, 0) is 41.0 Å². The van der Waals surface area contributed by atoms with Crippen LogP contribution in [0.1, 0.15) is 15.9 Å². The van der Waals surface area contributed by atoms with Crippen LogP contribution >= 0.6 is 0 Å². The van der Waals surface area contributed by atoms with E-state index in [9.17, 15) is 14.0 Å². The van der Waals surface area contributed by atoms with E-state index in [2.05, 4.69) is 0 Å². The van der Waals surface area contributed by atoms with Gasteiger partial charge >= 0.3 is 0 Å². The fraction of sp³-hybridized carbons (Fsp3) is 0.259. The second-order valence-corrected chi connectivity index (χ2v) is 8.48. The summed E-state index contributed by atoms with van der Waals surface area (Å²) in [5.74, 6) is -0.621. The van der Waals surface area contributed by atoms with Crippen molar-refractivity contribution in [3.8, 4) is 11.1 Å². The first-order chi connectivity index (χ1) is 15.9. The number of nitrogens with zero attached hydrogens (tertiary/aromatic N) is 2. The van der Waals surface area contributed by atoms with Gasteiger partial charge in [-0.2, -0.15) is 0 Å². The van der Waals surface area contributed by atoms with Crippen LogP contribution in [0.25, 0.3) is 11.1 Å². The molecule has 33 heavy (non-hydrogen) atoms. The number of rotatable bonds is 5. The average molecular weight is 447 g/mol. The summed E-state index contributed by atoms with van der Waals surface area (Å²) in [6.45, 7) is 0.822. The Morgan fingerprint density at radius 3 is 2.33 bits per heavy atom. The molecule has 2 amide bonds. The topological polar surface area (TPSA) is 49.9 Å². The molecule has 0 unspecified atom stereocenters. The predicted octanol–water partition coefficient (Wildman–Crippen LogP) is 4.03. The number of hydrogen-bond donors (Lipinski definition) is 0. The predicted molar refractivity (Wildman–Crippen MR) is 125 cm³/mol. The molecule has 1 saturated heterocycles. The van der Waals surface area contributed by atoms with Crippen LogP contribution in [0, 0.1) is 5.82 Å². The zero-order chi connectivity index (χ0) is 23.4. The largest absolute Gasteiger partial charge is 0.361 e. The fourth-order valence-electron chi connectivity index (χ4n) is 4.33. The number of carbonyl (C=O) groups is 2. The molecule has 170 valence electrons. The summed E-state index contributed by atoms with van der Waals surface area (Å²) in [5, 5.41) is 0. The molecule has 0 radical (unpaired) electrons. The number of benzene rings is 3. The Morgan fingerprint density at radius 1 is 0.970 bits per heavy atom. The highest BCUT2D eigenvalue weighted by Crippen LogP contribution is 2.31. The van der Waals surface area contributed by atoms with Crippen molar-refractivity contribution in [1.82, 2.24) is 9.80 Å². The zero-order valence-corrected chi connectivity index (χ0v) is 18.8. The van der Waals surface area contributed by atoms with Gasteiger partial charge in [0.05, 0.1) is 13.2 Å². The van der Waals surface area contributed by atoms with Crippen molar-refractivity contribution in [3.63, 3.8) is 0 Å².